The van der Waals surface area contributed by atoms with E-state index in [-0.39, 0.29) is 28.8 Å². The second-order valence-electron chi connectivity index (χ2n) is 9.08. The van der Waals surface area contributed by atoms with Crippen LogP contribution in [0.4, 0.5) is 0 Å². The standard InChI is InChI=1S/C20H30O5/c1-11(21)25-16-5-4-13-18-14(6-7-19(13,16)2)20(3)10-24-17(23)9-12(20)8-15(18)22/h8,13-18,22-23H,4-7,9-10H2,1-3H3/t13?,14?,15-,16-,17-,18?,19-,20-/m0/s1. The molecular formula is C20H30O5. The fraction of sp³-hybridized carbons (Fsp3) is 0.850. The Bertz CT molecular complexity index is 601. The molecule has 4 aliphatic rings. The van der Waals surface area contributed by atoms with Crippen LogP contribution in [-0.4, -0.2) is 41.3 Å². The molecule has 0 spiro atoms. The maximum Gasteiger partial charge on any atom is 0.302 e. The molecule has 1 heterocycles. The van der Waals surface area contributed by atoms with Gasteiger partial charge >= 0.3 is 5.97 Å². The maximum atomic E-state index is 11.5. The van der Waals surface area contributed by atoms with Crippen LogP contribution in [-0.2, 0) is 14.3 Å². The number of carbonyl (C=O) groups excluding carboxylic acids is 1. The highest BCUT2D eigenvalue weighted by molar-refractivity contribution is 5.66. The summed E-state index contributed by atoms with van der Waals surface area (Å²) in [6.07, 6.45) is 5.09. The quantitative estimate of drug-likeness (QED) is 0.561. The first-order valence-electron chi connectivity index (χ1n) is 9.62. The van der Waals surface area contributed by atoms with Gasteiger partial charge < -0.3 is 19.7 Å². The molecule has 2 N–H and O–H groups in total. The zero-order valence-corrected chi connectivity index (χ0v) is 15.4. The third kappa shape index (κ3) is 2.50. The van der Waals surface area contributed by atoms with E-state index in [4.69, 9.17) is 9.47 Å². The van der Waals surface area contributed by atoms with Crippen LogP contribution in [0.5, 0.6) is 0 Å². The van der Waals surface area contributed by atoms with Crippen LogP contribution in [0.1, 0.15) is 52.9 Å². The Morgan fingerprint density at radius 1 is 1.24 bits per heavy atom. The first-order valence-corrected chi connectivity index (χ1v) is 9.62. The summed E-state index contributed by atoms with van der Waals surface area (Å²) >= 11 is 0. The van der Waals surface area contributed by atoms with Crippen LogP contribution in [0.25, 0.3) is 0 Å². The second kappa shape index (κ2) is 5.80. The fourth-order valence-corrected chi connectivity index (χ4v) is 6.52. The molecule has 140 valence electrons. The number of ether oxygens (including phenoxy) is 2. The van der Waals surface area contributed by atoms with E-state index < -0.39 is 12.4 Å². The van der Waals surface area contributed by atoms with Gasteiger partial charge in [-0.3, -0.25) is 4.79 Å². The number of fused-ring (bicyclic) bond motifs is 5. The molecule has 0 amide bonds. The van der Waals surface area contributed by atoms with Gasteiger partial charge in [0.1, 0.15) is 6.10 Å². The zero-order chi connectivity index (χ0) is 18.0. The predicted octanol–water partition coefficient (Wildman–Crippen LogP) is 2.41. The van der Waals surface area contributed by atoms with Gasteiger partial charge in [0.15, 0.2) is 6.29 Å². The van der Waals surface area contributed by atoms with Crippen molar-refractivity contribution in [2.24, 2.45) is 28.6 Å². The second-order valence-corrected chi connectivity index (χ2v) is 9.08. The zero-order valence-electron chi connectivity index (χ0n) is 15.4. The first-order chi connectivity index (χ1) is 11.8. The highest BCUT2D eigenvalue weighted by atomic mass is 16.6. The molecule has 0 radical (unpaired) electrons. The number of rotatable bonds is 1. The molecule has 0 aromatic heterocycles. The Hall–Kier alpha value is -0.910. The Balaban J connectivity index is 1.67. The molecule has 4 rings (SSSR count). The van der Waals surface area contributed by atoms with Crippen LogP contribution >= 0.6 is 0 Å². The van der Waals surface area contributed by atoms with E-state index in [9.17, 15) is 15.0 Å². The third-order valence-electron chi connectivity index (χ3n) is 7.84. The summed E-state index contributed by atoms with van der Waals surface area (Å²) in [6, 6.07) is 0. The van der Waals surface area contributed by atoms with Crippen molar-refractivity contribution >= 4 is 5.97 Å². The van der Waals surface area contributed by atoms with Crippen molar-refractivity contribution in [2.75, 3.05) is 6.61 Å². The summed E-state index contributed by atoms with van der Waals surface area (Å²) in [5, 5.41) is 20.8. The fourth-order valence-electron chi connectivity index (χ4n) is 6.52. The smallest absolute Gasteiger partial charge is 0.302 e. The van der Waals surface area contributed by atoms with Crippen LogP contribution < -0.4 is 0 Å². The highest BCUT2D eigenvalue weighted by Crippen LogP contribution is 2.64. The Morgan fingerprint density at radius 3 is 2.72 bits per heavy atom. The average Bonchev–Trinajstić information content (AvgIpc) is 2.85. The van der Waals surface area contributed by atoms with E-state index >= 15 is 0 Å². The molecule has 0 bridgehead atoms. The van der Waals surface area contributed by atoms with Crippen LogP contribution in [0.15, 0.2) is 11.6 Å². The summed E-state index contributed by atoms with van der Waals surface area (Å²) in [5.41, 5.74) is 0.993. The molecule has 8 atom stereocenters. The van der Waals surface area contributed by atoms with Crippen molar-refractivity contribution in [1.82, 2.24) is 0 Å². The third-order valence-corrected chi connectivity index (χ3v) is 7.84. The summed E-state index contributed by atoms with van der Waals surface area (Å²) in [4.78, 5) is 11.5. The summed E-state index contributed by atoms with van der Waals surface area (Å²) < 4.78 is 11.3. The molecule has 2 saturated carbocycles. The van der Waals surface area contributed by atoms with Gasteiger partial charge in [-0.25, -0.2) is 0 Å². The van der Waals surface area contributed by atoms with Gasteiger partial charge in [-0.05, 0) is 43.4 Å². The van der Waals surface area contributed by atoms with Gasteiger partial charge in [0, 0.05) is 24.2 Å². The molecule has 0 aromatic carbocycles. The highest BCUT2D eigenvalue weighted by Gasteiger charge is 2.61. The maximum absolute atomic E-state index is 11.5. The number of aliphatic hydroxyl groups excluding tert-OH is 2. The van der Waals surface area contributed by atoms with E-state index in [0.29, 0.717) is 24.9 Å². The molecule has 3 unspecified atom stereocenters. The van der Waals surface area contributed by atoms with E-state index in [1.54, 1.807) is 0 Å². The molecule has 0 aromatic rings. The monoisotopic (exact) mass is 350 g/mol. The van der Waals surface area contributed by atoms with Crippen molar-refractivity contribution in [1.29, 1.82) is 0 Å². The molecule has 1 aliphatic heterocycles. The minimum atomic E-state index is -0.753. The summed E-state index contributed by atoms with van der Waals surface area (Å²) in [6.45, 7) is 6.47. The molecule has 1 saturated heterocycles. The van der Waals surface area contributed by atoms with Crippen molar-refractivity contribution in [3.8, 4) is 0 Å². The first kappa shape index (κ1) is 17.5. The Labute approximate surface area is 149 Å². The molecule has 5 heteroatoms. The van der Waals surface area contributed by atoms with Crippen LogP contribution in [0.3, 0.4) is 0 Å². The number of esters is 1. The van der Waals surface area contributed by atoms with Gasteiger partial charge in [0.25, 0.3) is 0 Å². The number of hydrogen-bond donors (Lipinski definition) is 2. The average molecular weight is 350 g/mol. The number of hydrogen-bond acceptors (Lipinski definition) is 5. The van der Waals surface area contributed by atoms with E-state index in [2.05, 4.69) is 13.8 Å². The van der Waals surface area contributed by atoms with Crippen molar-refractivity contribution in [2.45, 2.75) is 71.4 Å². The van der Waals surface area contributed by atoms with Crippen molar-refractivity contribution < 1.29 is 24.5 Å². The molecule has 3 aliphatic carbocycles. The van der Waals surface area contributed by atoms with Gasteiger partial charge in [-0.1, -0.05) is 25.5 Å². The largest absolute Gasteiger partial charge is 0.462 e. The lowest BCUT2D eigenvalue weighted by Crippen LogP contribution is -2.57. The van der Waals surface area contributed by atoms with E-state index in [1.165, 1.54) is 6.92 Å². The lowest BCUT2D eigenvalue weighted by molar-refractivity contribution is -0.181. The molecular weight excluding hydrogens is 320 g/mol. The van der Waals surface area contributed by atoms with Crippen molar-refractivity contribution in [3.63, 3.8) is 0 Å². The van der Waals surface area contributed by atoms with Gasteiger partial charge in [0.2, 0.25) is 0 Å². The Kier molecular flexibility index (Phi) is 4.06. The number of aliphatic hydroxyl groups is 2. The lowest BCUT2D eigenvalue weighted by atomic mass is 9.49. The van der Waals surface area contributed by atoms with E-state index in [1.807, 2.05) is 6.08 Å². The van der Waals surface area contributed by atoms with Crippen LogP contribution in [0.2, 0.25) is 0 Å². The summed E-state index contributed by atoms with van der Waals surface area (Å²) in [7, 11) is 0. The molecule has 3 fully saturated rings. The SMILES string of the molecule is CC(=O)O[C@H]1CCC2C3C(CC[C@@]21C)[C@@]1(C)CO[C@H](O)CC1=C[C@@H]3O. The van der Waals surface area contributed by atoms with Gasteiger partial charge in [-0.2, -0.15) is 0 Å². The van der Waals surface area contributed by atoms with Crippen LogP contribution in [0, 0.1) is 28.6 Å². The normalized spacial score (nSPS) is 51.8. The molecule has 25 heavy (non-hydrogen) atoms. The minimum absolute atomic E-state index is 0.0363. The van der Waals surface area contributed by atoms with E-state index in [0.717, 1.165) is 31.3 Å². The van der Waals surface area contributed by atoms with Gasteiger partial charge in [0.05, 0.1) is 12.7 Å². The predicted molar refractivity (Wildman–Crippen MR) is 91.4 cm³/mol. The Morgan fingerprint density at radius 2 is 2.00 bits per heavy atom. The minimum Gasteiger partial charge on any atom is -0.462 e. The number of carbonyl (C=O) groups is 1. The topological polar surface area (TPSA) is 76.0 Å². The molecule has 5 nitrogen and oxygen atoms in total. The van der Waals surface area contributed by atoms with Crippen molar-refractivity contribution in [3.05, 3.63) is 11.6 Å². The summed E-state index contributed by atoms with van der Waals surface area (Å²) in [5.74, 6) is 0.671. The van der Waals surface area contributed by atoms with Gasteiger partial charge in [-0.15, -0.1) is 0 Å². The lowest BCUT2D eigenvalue weighted by Gasteiger charge is -2.58.